The average molecular weight is 243 g/mol. The summed E-state index contributed by atoms with van der Waals surface area (Å²) in [6.07, 6.45) is 2.60. The summed E-state index contributed by atoms with van der Waals surface area (Å²) in [5, 5.41) is 0. The predicted molar refractivity (Wildman–Crippen MR) is 77.6 cm³/mol. The van der Waals surface area contributed by atoms with Crippen LogP contribution in [0.5, 0.6) is 0 Å². The van der Waals surface area contributed by atoms with Gasteiger partial charge in [0.15, 0.2) is 0 Å². The largest absolute Gasteiger partial charge is 0.466 e. The SMILES string of the molecule is C=C/C(=C(\C)OC(=C)CC)c1cccc(CN)c1. The first-order valence-electron chi connectivity index (χ1n) is 6.10. The number of allylic oxidation sites excluding steroid dienone is 4. The molecule has 0 aliphatic rings. The summed E-state index contributed by atoms with van der Waals surface area (Å²) in [7, 11) is 0. The van der Waals surface area contributed by atoms with Gasteiger partial charge in [0.25, 0.3) is 0 Å². The van der Waals surface area contributed by atoms with E-state index in [2.05, 4.69) is 19.2 Å². The highest BCUT2D eigenvalue weighted by molar-refractivity contribution is 5.75. The summed E-state index contributed by atoms with van der Waals surface area (Å²) < 4.78 is 5.66. The quantitative estimate of drug-likeness (QED) is 0.605. The van der Waals surface area contributed by atoms with Crippen LogP contribution in [0.3, 0.4) is 0 Å². The molecule has 0 saturated carbocycles. The molecule has 0 fully saturated rings. The molecule has 96 valence electrons. The summed E-state index contributed by atoms with van der Waals surface area (Å²) >= 11 is 0. The fourth-order valence-corrected chi connectivity index (χ4v) is 1.67. The van der Waals surface area contributed by atoms with Crippen LogP contribution in [0, 0.1) is 0 Å². The van der Waals surface area contributed by atoms with Crippen LogP contribution in [-0.4, -0.2) is 0 Å². The van der Waals surface area contributed by atoms with Crippen molar-refractivity contribution in [3.63, 3.8) is 0 Å². The van der Waals surface area contributed by atoms with Crippen LogP contribution < -0.4 is 5.73 Å². The molecule has 0 unspecified atom stereocenters. The maximum absolute atomic E-state index is 5.66. The number of benzene rings is 1. The molecule has 0 aromatic heterocycles. The second kappa shape index (κ2) is 6.82. The molecule has 0 amide bonds. The molecular formula is C16H21NO. The minimum absolute atomic E-state index is 0.528. The number of nitrogens with two attached hydrogens (primary N) is 1. The van der Waals surface area contributed by atoms with Gasteiger partial charge in [-0.05, 0) is 24.1 Å². The molecule has 1 rings (SSSR count). The van der Waals surface area contributed by atoms with Gasteiger partial charge in [0.1, 0.15) is 5.76 Å². The van der Waals surface area contributed by atoms with Crippen molar-refractivity contribution >= 4 is 5.57 Å². The Bertz CT molecular complexity index is 472. The molecule has 0 aliphatic heterocycles. The zero-order valence-corrected chi connectivity index (χ0v) is 11.2. The van der Waals surface area contributed by atoms with Gasteiger partial charge in [0.05, 0.1) is 5.76 Å². The number of ether oxygens (including phenoxy) is 1. The van der Waals surface area contributed by atoms with Crippen molar-refractivity contribution in [2.45, 2.75) is 26.8 Å². The van der Waals surface area contributed by atoms with Gasteiger partial charge in [-0.3, -0.25) is 0 Å². The smallest absolute Gasteiger partial charge is 0.108 e. The molecule has 0 bridgehead atoms. The Morgan fingerprint density at radius 3 is 2.72 bits per heavy atom. The molecule has 18 heavy (non-hydrogen) atoms. The van der Waals surface area contributed by atoms with E-state index in [1.54, 1.807) is 6.08 Å². The van der Waals surface area contributed by atoms with E-state index >= 15 is 0 Å². The lowest BCUT2D eigenvalue weighted by atomic mass is 10.0. The van der Waals surface area contributed by atoms with Crippen molar-refractivity contribution in [1.82, 2.24) is 0 Å². The van der Waals surface area contributed by atoms with E-state index in [1.165, 1.54) is 0 Å². The van der Waals surface area contributed by atoms with Crippen LogP contribution in [0.15, 0.2) is 55.0 Å². The van der Waals surface area contributed by atoms with Crippen molar-refractivity contribution in [2.75, 3.05) is 0 Å². The van der Waals surface area contributed by atoms with E-state index in [-0.39, 0.29) is 0 Å². The topological polar surface area (TPSA) is 35.2 Å². The number of hydrogen-bond acceptors (Lipinski definition) is 2. The highest BCUT2D eigenvalue weighted by Crippen LogP contribution is 2.23. The number of hydrogen-bond donors (Lipinski definition) is 1. The van der Waals surface area contributed by atoms with Crippen LogP contribution in [0.4, 0.5) is 0 Å². The Kier molecular flexibility index (Phi) is 5.40. The zero-order chi connectivity index (χ0) is 13.5. The Morgan fingerprint density at radius 1 is 1.44 bits per heavy atom. The normalized spacial score (nSPS) is 11.7. The van der Waals surface area contributed by atoms with Gasteiger partial charge in [0, 0.05) is 18.5 Å². The van der Waals surface area contributed by atoms with Crippen molar-refractivity contribution in [2.24, 2.45) is 5.73 Å². The Hall–Kier alpha value is -1.80. The lowest BCUT2D eigenvalue weighted by Gasteiger charge is -2.12. The maximum Gasteiger partial charge on any atom is 0.108 e. The summed E-state index contributed by atoms with van der Waals surface area (Å²) in [4.78, 5) is 0. The minimum atomic E-state index is 0.528. The van der Waals surface area contributed by atoms with Gasteiger partial charge in [-0.15, -0.1) is 0 Å². The van der Waals surface area contributed by atoms with Gasteiger partial charge >= 0.3 is 0 Å². The molecule has 2 N–H and O–H groups in total. The van der Waals surface area contributed by atoms with Crippen LogP contribution in [0.2, 0.25) is 0 Å². The van der Waals surface area contributed by atoms with Gasteiger partial charge < -0.3 is 10.5 Å². The summed E-state index contributed by atoms with van der Waals surface area (Å²) in [6, 6.07) is 8.07. The standard InChI is InChI=1S/C16H21NO/c1-5-12(3)18-13(4)16(6-2)15-9-7-8-14(10-15)11-17/h6-10H,2-3,5,11,17H2,1,4H3/b16-13-. The maximum atomic E-state index is 5.66. The molecule has 0 radical (unpaired) electrons. The second-order valence-electron chi connectivity index (χ2n) is 4.07. The van der Waals surface area contributed by atoms with E-state index in [0.717, 1.165) is 34.6 Å². The molecule has 0 spiro atoms. The van der Waals surface area contributed by atoms with Gasteiger partial charge in [0.2, 0.25) is 0 Å². The second-order valence-corrected chi connectivity index (χ2v) is 4.07. The van der Waals surface area contributed by atoms with Crippen molar-refractivity contribution in [3.05, 3.63) is 66.1 Å². The summed E-state index contributed by atoms with van der Waals surface area (Å²) in [5.41, 5.74) is 8.78. The van der Waals surface area contributed by atoms with Gasteiger partial charge in [-0.25, -0.2) is 0 Å². The molecule has 1 aromatic rings. The summed E-state index contributed by atoms with van der Waals surface area (Å²) in [5.74, 6) is 1.56. The molecule has 0 aliphatic carbocycles. The molecule has 0 atom stereocenters. The van der Waals surface area contributed by atoms with E-state index in [1.807, 2.05) is 32.0 Å². The Morgan fingerprint density at radius 2 is 2.17 bits per heavy atom. The molecule has 2 nitrogen and oxygen atoms in total. The number of rotatable bonds is 6. The van der Waals surface area contributed by atoms with Gasteiger partial charge in [-0.2, -0.15) is 0 Å². The first-order chi connectivity index (χ1) is 8.62. The van der Waals surface area contributed by atoms with Crippen molar-refractivity contribution < 1.29 is 4.74 Å². The third-order valence-corrected chi connectivity index (χ3v) is 2.75. The molecule has 0 saturated heterocycles. The average Bonchev–Trinajstić information content (AvgIpc) is 2.39. The van der Waals surface area contributed by atoms with Crippen LogP contribution in [0.25, 0.3) is 5.57 Å². The molecule has 1 aromatic carbocycles. The highest BCUT2D eigenvalue weighted by atomic mass is 16.5. The van der Waals surface area contributed by atoms with E-state index < -0.39 is 0 Å². The fraction of sp³-hybridized carbons (Fsp3) is 0.250. The molecule has 2 heteroatoms. The minimum Gasteiger partial charge on any atom is -0.466 e. The molecule has 0 heterocycles. The predicted octanol–water partition coefficient (Wildman–Crippen LogP) is 4.00. The van der Waals surface area contributed by atoms with Crippen molar-refractivity contribution in [3.8, 4) is 0 Å². The highest BCUT2D eigenvalue weighted by Gasteiger charge is 2.05. The van der Waals surface area contributed by atoms with Crippen LogP contribution in [0.1, 0.15) is 31.4 Å². The van der Waals surface area contributed by atoms with Gasteiger partial charge in [-0.1, -0.05) is 44.4 Å². The first kappa shape index (κ1) is 14.3. The lowest BCUT2D eigenvalue weighted by molar-refractivity contribution is 0.300. The van der Waals surface area contributed by atoms with E-state index in [4.69, 9.17) is 10.5 Å². The third-order valence-electron chi connectivity index (χ3n) is 2.75. The Labute approximate surface area is 109 Å². The van der Waals surface area contributed by atoms with E-state index in [0.29, 0.717) is 6.54 Å². The third kappa shape index (κ3) is 3.60. The van der Waals surface area contributed by atoms with Crippen molar-refractivity contribution in [1.29, 1.82) is 0 Å². The first-order valence-corrected chi connectivity index (χ1v) is 6.10. The van der Waals surface area contributed by atoms with E-state index in [9.17, 15) is 0 Å². The monoisotopic (exact) mass is 243 g/mol. The Balaban J connectivity index is 3.11. The molecular weight excluding hydrogens is 222 g/mol. The van der Waals surface area contributed by atoms with Crippen LogP contribution >= 0.6 is 0 Å². The lowest BCUT2D eigenvalue weighted by Crippen LogP contribution is -1.98. The fourth-order valence-electron chi connectivity index (χ4n) is 1.67. The van der Waals surface area contributed by atoms with Crippen LogP contribution in [-0.2, 0) is 11.3 Å². The zero-order valence-electron chi connectivity index (χ0n) is 11.2. The summed E-state index contributed by atoms with van der Waals surface area (Å²) in [6.45, 7) is 12.2.